The Balaban J connectivity index is 2.10. The van der Waals surface area contributed by atoms with Crippen molar-refractivity contribution in [1.82, 2.24) is 9.55 Å². The molecule has 0 N–H and O–H groups in total. The quantitative estimate of drug-likeness (QED) is 0.555. The zero-order chi connectivity index (χ0) is 18.1. The van der Waals surface area contributed by atoms with Gasteiger partial charge in [-0.05, 0) is 36.8 Å². The predicted octanol–water partition coefficient (Wildman–Crippen LogP) is 4.37. The number of para-hydroxylation sites is 1. The van der Waals surface area contributed by atoms with Crippen molar-refractivity contribution in [1.29, 1.82) is 0 Å². The van der Waals surface area contributed by atoms with Gasteiger partial charge in [0.15, 0.2) is 0 Å². The van der Waals surface area contributed by atoms with Crippen molar-refractivity contribution in [2.75, 3.05) is 7.11 Å². The summed E-state index contributed by atoms with van der Waals surface area (Å²) in [4.78, 5) is 17.8. The molecule has 4 aromatic rings. The van der Waals surface area contributed by atoms with Crippen LogP contribution >= 0.6 is 0 Å². The Labute approximate surface area is 151 Å². The summed E-state index contributed by atoms with van der Waals surface area (Å²) in [6.07, 6.45) is 0. The molecule has 0 fully saturated rings. The molecule has 0 aliphatic rings. The van der Waals surface area contributed by atoms with E-state index in [1.165, 1.54) is 0 Å². The van der Waals surface area contributed by atoms with E-state index >= 15 is 0 Å². The molecule has 0 saturated heterocycles. The summed E-state index contributed by atoms with van der Waals surface area (Å²) in [5.41, 5.74) is 3.24. The predicted molar refractivity (Wildman–Crippen MR) is 104 cm³/mol. The van der Waals surface area contributed by atoms with Crippen LogP contribution in [0.5, 0.6) is 5.75 Å². The maximum Gasteiger partial charge on any atom is 0.265 e. The number of benzene rings is 3. The van der Waals surface area contributed by atoms with Crippen LogP contribution in [-0.4, -0.2) is 16.7 Å². The van der Waals surface area contributed by atoms with Gasteiger partial charge in [0.25, 0.3) is 5.56 Å². The van der Waals surface area contributed by atoms with Crippen molar-refractivity contribution in [3.05, 3.63) is 89.0 Å². The Morgan fingerprint density at radius 3 is 2.38 bits per heavy atom. The van der Waals surface area contributed by atoms with Gasteiger partial charge in [0.2, 0.25) is 0 Å². The summed E-state index contributed by atoms with van der Waals surface area (Å²) >= 11 is 0. The second-order valence-corrected chi connectivity index (χ2v) is 6.04. The molecule has 0 saturated carbocycles. The van der Waals surface area contributed by atoms with Crippen molar-refractivity contribution in [2.45, 2.75) is 6.92 Å². The highest BCUT2D eigenvalue weighted by Crippen LogP contribution is 2.35. The third kappa shape index (κ3) is 2.56. The highest BCUT2D eigenvalue weighted by molar-refractivity contribution is 5.81. The molecule has 1 aromatic heterocycles. The van der Waals surface area contributed by atoms with Gasteiger partial charge in [0.05, 0.1) is 23.7 Å². The van der Waals surface area contributed by atoms with Gasteiger partial charge in [-0.2, -0.15) is 0 Å². The molecule has 3 aromatic carbocycles. The Bertz CT molecular complexity index is 1150. The SMILES string of the molecule is COc1cccc(-n2c(C)nc3ccccc3c2=O)c1-c1ccccc1. The molecular formula is C22H18N2O2. The monoisotopic (exact) mass is 342 g/mol. The smallest absolute Gasteiger partial charge is 0.265 e. The van der Waals surface area contributed by atoms with Crippen molar-refractivity contribution in [2.24, 2.45) is 0 Å². The second kappa shape index (κ2) is 6.48. The highest BCUT2D eigenvalue weighted by atomic mass is 16.5. The largest absolute Gasteiger partial charge is 0.496 e. The fourth-order valence-electron chi connectivity index (χ4n) is 3.30. The minimum absolute atomic E-state index is 0.0847. The Kier molecular flexibility index (Phi) is 4.01. The van der Waals surface area contributed by atoms with E-state index in [9.17, 15) is 4.79 Å². The molecule has 4 nitrogen and oxygen atoms in total. The van der Waals surface area contributed by atoms with Gasteiger partial charge in [-0.3, -0.25) is 9.36 Å². The average Bonchev–Trinajstić information content (AvgIpc) is 2.68. The lowest BCUT2D eigenvalue weighted by molar-refractivity contribution is 0.416. The number of nitrogens with zero attached hydrogens (tertiary/aromatic N) is 2. The number of ether oxygens (including phenoxy) is 1. The van der Waals surface area contributed by atoms with E-state index in [1.54, 1.807) is 11.7 Å². The van der Waals surface area contributed by atoms with Crippen molar-refractivity contribution in [3.63, 3.8) is 0 Å². The van der Waals surface area contributed by atoms with E-state index in [-0.39, 0.29) is 5.56 Å². The van der Waals surface area contributed by atoms with Crippen molar-refractivity contribution in [3.8, 4) is 22.6 Å². The van der Waals surface area contributed by atoms with Crippen LogP contribution in [0.3, 0.4) is 0 Å². The van der Waals surface area contributed by atoms with Gasteiger partial charge in [-0.25, -0.2) is 4.98 Å². The van der Waals surface area contributed by atoms with Gasteiger partial charge < -0.3 is 4.74 Å². The van der Waals surface area contributed by atoms with E-state index in [1.807, 2.05) is 79.7 Å². The lowest BCUT2D eigenvalue weighted by atomic mass is 10.0. The minimum Gasteiger partial charge on any atom is -0.496 e. The summed E-state index contributed by atoms with van der Waals surface area (Å²) in [5.74, 6) is 1.35. The van der Waals surface area contributed by atoms with E-state index in [0.717, 1.165) is 16.8 Å². The lowest BCUT2D eigenvalue weighted by Gasteiger charge is -2.17. The van der Waals surface area contributed by atoms with Crippen LogP contribution in [-0.2, 0) is 0 Å². The van der Waals surface area contributed by atoms with E-state index in [2.05, 4.69) is 4.98 Å². The van der Waals surface area contributed by atoms with Crippen LogP contribution in [0.25, 0.3) is 27.7 Å². The molecule has 4 rings (SSSR count). The fourth-order valence-corrected chi connectivity index (χ4v) is 3.30. The molecule has 1 heterocycles. The van der Waals surface area contributed by atoms with Gasteiger partial charge >= 0.3 is 0 Å². The van der Waals surface area contributed by atoms with Crippen LogP contribution in [0, 0.1) is 6.92 Å². The van der Waals surface area contributed by atoms with Gasteiger partial charge in [-0.15, -0.1) is 0 Å². The summed E-state index contributed by atoms with van der Waals surface area (Å²) in [6.45, 7) is 1.85. The third-order valence-electron chi connectivity index (χ3n) is 4.47. The maximum absolute atomic E-state index is 13.2. The second-order valence-electron chi connectivity index (χ2n) is 6.04. The standard InChI is InChI=1S/C22H18N2O2/c1-15-23-18-12-7-6-11-17(18)22(25)24(15)19-13-8-14-20(26-2)21(19)16-9-4-3-5-10-16/h3-14H,1-2H3. The first-order valence-corrected chi connectivity index (χ1v) is 8.42. The molecule has 0 bridgehead atoms. The summed E-state index contributed by atoms with van der Waals surface area (Å²) < 4.78 is 7.25. The summed E-state index contributed by atoms with van der Waals surface area (Å²) in [7, 11) is 1.64. The molecular weight excluding hydrogens is 324 g/mol. The topological polar surface area (TPSA) is 44.1 Å². The first-order valence-electron chi connectivity index (χ1n) is 8.42. The fraction of sp³-hybridized carbons (Fsp3) is 0.0909. The Morgan fingerprint density at radius 2 is 1.62 bits per heavy atom. The van der Waals surface area contributed by atoms with Crippen molar-refractivity contribution >= 4 is 10.9 Å². The molecule has 0 aliphatic heterocycles. The molecule has 0 unspecified atom stereocenters. The van der Waals surface area contributed by atoms with Crippen LogP contribution in [0.15, 0.2) is 77.6 Å². The molecule has 0 atom stereocenters. The number of fused-ring (bicyclic) bond motifs is 1. The van der Waals surface area contributed by atoms with Gasteiger partial charge in [0, 0.05) is 5.56 Å². The Hall–Kier alpha value is -3.40. The minimum atomic E-state index is -0.0847. The maximum atomic E-state index is 13.2. The normalized spacial score (nSPS) is 10.8. The molecule has 0 spiro atoms. The Morgan fingerprint density at radius 1 is 0.885 bits per heavy atom. The van der Waals surface area contributed by atoms with Crippen LogP contribution in [0.1, 0.15) is 5.82 Å². The molecule has 4 heteroatoms. The first-order chi connectivity index (χ1) is 12.7. The van der Waals surface area contributed by atoms with Gasteiger partial charge in [0.1, 0.15) is 11.6 Å². The third-order valence-corrected chi connectivity index (χ3v) is 4.47. The highest BCUT2D eigenvalue weighted by Gasteiger charge is 2.17. The number of aromatic nitrogens is 2. The van der Waals surface area contributed by atoms with Crippen LogP contribution < -0.4 is 10.3 Å². The first kappa shape index (κ1) is 16.1. The summed E-state index contributed by atoms with van der Waals surface area (Å²) in [5, 5.41) is 0.597. The zero-order valence-corrected chi connectivity index (χ0v) is 14.6. The molecule has 0 radical (unpaired) electrons. The van der Waals surface area contributed by atoms with Crippen molar-refractivity contribution < 1.29 is 4.74 Å². The van der Waals surface area contributed by atoms with E-state index < -0.39 is 0 Å². The molecule has 128 valence electrons. The van der Waals surface area contributed by atoms with E-state index in [4.69, 9.17) is 4.74 Å². The number of rotatable bonds is 3. The summed E-state index contributed by atoms with van der Waals surface area (Å²) in [6, 6.07) is 23.1. The average molecular weight is 342 g/mol. The number of hydrogen-bond donors (Lipinski definition) is 0. The molecule has 26 heavy (non-hydrogen) atoms. The zero-order valence-electron chi connectivity index (χ0n) is 14.6. The van der Waals surface area contributed by atoms with E-state index in [0.29, 0.717) is 22.5 Å². The van der Waals surface area contributed by atoms with Gasteiger partial charge in [-0.1, -0.05) is 48.5 Å². The van der Waals surface area contributed by atoms with Crippen LogP contribution in [0.2, 0.25) is 0 Å². The lowest BCUT2D eigenvalue weighted by Crippen LogP contribution is -2.23. The number of methoxy groups -OCH3 is 1. The number of hydrogen-bond acceptors (Lipinski definition) is 3. The molecule has 0 amide bonds. The number of aryl methyl sites for hydroxylation is 1. The van der Waals surface area contributed by atoms with Crippen LogP contribution in [0.4, 0.5) is 0 Å². The molecule has 0 aliphatic carbocycles.